The van der Waals surface area contributed by atoms with Gasteiger partial charge in [0.05, 0.1) is 15.8 Å². The van der Waals surface area contributed by atoms with E-state index >= 15 is 0 Å². The van der Waals surface area contributed by atoms with E-state index in [9.17, 15) is 9.59 Å². The van der Waals surface area contributed by atoms with Gasteiger partial charge in [0, 0.05) is 18.6 Å². The normalized spacial score (nSPS) is 15.2. The molecule has 4 atom stereocenters. The van der Waals surface area contributed by atoms with Crippen molar-refractivity contribution in [2.24, 2.45) is 10.8 Å². The maximum Gasteiger partial charge on any atom is 0.230 e. The Morgan fingerprint density at radius 1 is 0.939 bits per heavy atom. The molecule has 0 rings (SSSR count). The lowest BCUT2D eigenvalue weighted by Crippen LogP contribution is -2.47. The van der Waals surface area contributed by atoms with E-state index in [0.29, 0.717) is 16.5 Å². The zero-order chi connectivity index (χ0) is 26.7. The lowest BCUT2D eigenvalue weighted by atomic mass is 9.63. The Kier molecular flexibility index (Phi) is 16.8. The van der Waals surface area contributed by atoms with Crippen molar-refractivity contribution in [3.63, 3.8) is 0 Å². The molecule has 8 heteroatoms. The average molecular weight is 619 g/mol. The first-order chi connectivity index (χ1) is 14.7. The lowest BCUT2D eigenvalue weighted by Gasteiger charge is -2.46. The van der Waals surface area contributed by atoms with Gasteiger partial charge in [-0.1, -0.05) is 64.1 Å². The molecule has 0 aliphatic heterocycles. The number of carbonyl (C=O) groups is 2. The average Bonchev–Trinajstić information content (AvgIpc) is 2.58. The molecule has 5 nitrogen and oxygen atoms in total. The van der Waals surface area contributed by atoms with Gasteiger partial charge in [-0.3, -0.25) is 9.59 Å². The van der Waals surface area contributed by atoms with Gasteiger partial charge in [-0.2, -0.15) is 0 Å². The monoisotopic (exact) mass is 618 g/mol. The predicted molar refractivity (Wildman–Crippen MR) is 159 cm³/mol. The number of halogens is 1. The molecule has 0 bridgehead atoms. The molecule has 0 aromatic rings. The third-order valence-corrected chi connectivity index (χ3v) is 7.27. The van der Waals surface area contributed by atoms with Crippen molar-refractivity contribution in [2.45, 2.75) is 124 Å². The molecule has 2 amide bonds. The smallest absolute Gasteiger partial charge is 0.230 e. The molecule has 4 unspecified atom stereocenters. The van der Waals surface area contributed by atoms with Gasteiger partial charge in [-0.15, -0.1) is 18.5 Å². The number of nitrogens with one attached hydrogen (secondary N) is 2. The molecule has 0 spiro atoms. The van der Waals surface area contributed by atoms with Gasteiger partial charge in [-0.25, -0.2) is 0 Å². The number of hydrogen-bond acceptors (Lipinski definition) is 3. The molecule has 0 aromatic heterocycles. The Labute approximate surface area is 223 Å². The molecule has 2 N–H and O–H groups in total. The number of hydrogen-bond donors (Lipinski definition) is 2. The van der Waals surface area contributed by atoms with Gasteiger partial charge < -0.3 is 15.4 Å². The second kappa shape index (κ2) is 15.6. The van der Waals surface area contributed by atoms with E-state index in [2.05, 4.69) is 121 Å². The largest absolute Gasteiger partial charge is 0.379 e. The van der Waals surface area contributed by atoms with E-state index in [0.717, 1.165) is 25.9 Å². The lowest BCUT2D eigenvalue weighted by molar-refractivity contribution is -0.122. The fourth-order valence-electron chi connectivity index (χ4n) is 3.76. The number of carbonyl (C=O) groups excluding carboxylic acids is 2. The molecule has 0 heterocycles. The standard InChI is InChI=1S/C17H36NO2P.C8H17INOP/c1-9-14(19)18-17(8,21)12-16(6,7)15(4,5)10-11-20-13(2)3;1-6(12)4-8(2,3)10-7(11)5-9/h13H,9-12,21H2,1-8H3,(H,18,19);6H,4-5,12H2,1-3H3,(H,10,11). The van der Waals surface area contributed by atoms with Crippen molar-refractivity contribution < 1.29 is 14.3 Å². The van der Waals surface area contributed by atoms with Crippen molar-refractivity contribution in [3.05, 3.63) is 0 Å². The van der Waals surface area contributed by atoms with Crippen LogP contribution in [-0.4, -0.2) is 45.4 Å². The summed E-state index contributed by atoms with van der Waals surface area (Å²) in [5.74, 6) is 0.218. The molecular weight excluding hydrogens is 565 g/mol. The Morgan fingerprint density at radius 2 is 1.45 bits per heavy atom. The Hall–Kier alpha value is 0.490. The van der Waals surface area contributed by atoms with E-state index in [1.807, 2.05) is 6.92 Å². The van der Waals surface area contributed by atoms with Crippen LogP contribution in [0.1, 0.15) is 102 Å². The van der Waals surface area contributed by atoms with Crippen LogP contribution in [0, 0.1) is 10.8 Å². The maximum absolute atomic E-state index is 11.7. The van der Waals surface area contributed by atoms with Gasteiger partial charge in [0.2, 0.25) is 11.8 Å². The summed E-state index contributed by atoms with van der Waals surface area (Å²) in [6.45, 7) is 24.3. The summed E-state index contributed by atoms with van der Waals surface area (Å²) in [7, 11) is 5.55. The van der Waals surface area contributed by atoms with Crippen molar-refractivity contribution in [1.82, 2.24) is 10.6 Å². The number of alkyl halides is 1. The Balaban J connectivity index is 0. The molecule has 0 aromatic carbocycles. The molecule has 0 fully saturated rings. The summed E-state index contributed by atoms with van der Waals surface area (Å²) in [5.41, 5.74) is 0.680. The van der Waals surface area contributed by atoms with Crippen LogP contribution >= 0.6 is 41.1 Å². The second-order valence-corrected chi connectivity index (χ2v) is 14.9. The molecule has 0 aliphatic rings. The Morgan fingerprint density at radius 3 is 1.85 bits per heavy atom. The van der Waals surface area contributed by atoms with Crippen LogP contribution in [0.3, 0.4) is 0 Å². The van der Waals surface area contributed by atoms with Gasteiger partial charge in [0.15, 0.2) is 0 Å². The molecule has 33 heavy (non-hydrogen) atoms. The SMILES string of the molecule is CC(P)CC(C)(C)NC(=O)CI.CCC(=O)NC(C)(P)CC(C)(C)C(C)(C)CCOC(C)C. The van der Waals surface area contributed by atoms with Crippen molar-refractivity contribution in [2.75, 3.05) is 11.0 Å². The third kappa shape index (κ3) is 17.5. The predicted octanol–water partition coefficient (Wildman–Crippen LogP) is 6.33. The van der Waals surface area contributed by atoms with Gasteiger partial charge in [-0.05, 0) is 70.4 Å². The second-order valence-electron chi connectivity index (χ2n) is 11.7. The van der Waals surface area contributed by atoms with Gasteiger partial charge in [0.1, 0.15) is 0 Å². The summed E-state index contributed by atoms with van der Waals surface area (Å²) in [6, 6.07) is 0. The first kappa shape index (κ1) is 35.7. The van der Waals surface area contributed by atoms with E-state index in [1.165, 1.54) is 0 Å². The zero-order valence-electron chi connectivity index (χ0n) is 23.2. The minimum absolute atomic E-state index is 0.0799. The minimum Gasteiger partial charge on any atom is -0.379 e. The number of rotatable bonds is 13. The van der Waals surface area contributed by atoms with E-state index in [4.69, 9.17) is 4.74 Å². The summed E-state index contributed by atoms with van der Waals surface area (Å²) in [4.78, 5) is 22.7. The first-order valence-corrected chi connectivity index (χ1v) is 14.8. The van der Waals surface area contributed by atoms with Gasteiger partial charge in [0.25, 0.3) is 0 Å². The number of amides is 2. The van der Waals surface area contributed by atoms with Crippen LogP contribution in [-0.2, 0) is 14.3 Å². The van der Waals surface area contributed by atoms with Crippen molar-refractivity contribution in [3.8, 4) is 0 Å². The highest BCUT2D eigenvalue weighted by Gasteiger charge is 2.41. The highest BCUT2D eigenvalue weighted by atomic mass is 127. The first-order valence-electron chi connectivity index (χ1n) is 12.0. The Bertz CT molecular complexity index is 592. The van der Waals surface area contributed by atoms with Crippen LogP contribution in [0.25, 0.3) is 0 Å². The highest BCUT2D eigenvalue weighted by Crippen LogP contribution is 2.47. The summed E-state index contributed by atoms with van der Waals surface area (Å²) in [6.07, 6.45) is 3.71. The van der Waals surface area contributed by atoms with Gasteiger partial charge >= 0.3 is 0 Å². The molecule has 0 saturated carbocycles. The summed E-state index contributed by atoms with van der Waals surface area (Å²) in [5, 5.41) is 5.81. The third-order valence-electron chi connectivity index (χ3n) is 6.00. The maximum atomic E-state index is 11.7. The van der Waals surface area contributed by atoms with Crippen LogP contribution in [0.15, 0.2) is 0 Å². The van der Waals surface area contributed by atoms with Crippen LogP contribution in [0.4, 0.5) is 0 Å². The quantitative estimate of drug-likeness (QED) is 0.144. The molecule has 198 valence electrons. The fraction of sp³-hybridized carbons (Fsp3) is 0.920. The topological polar surface area (TPSA) is 67.4 Å². The minimum atomic E-state index is -0.271. The van der Waals surface area contributed by atoms with E-state index in [-0.39, 0.29) is 39.6 Å². The summed E-state index contributed by atoms with van der Waals surface area (Å²) < 4.78 is 6.24. The van der Waals surface area contributed by atoms with Crippen LogP contribution in [0.2, 0.25) is 0 Å². The highest BCUT2D eigenvalue weighted by molar-refractivity contribution is 14.1. The van der Waals surface area contributed by atoms with Crippen LogP contribution in [0.5, 0.6) is 0 Å². The van der Waals surface area contributed by atoms with E-state index < -0.39 is 0 Å². The van der Waals surface area contributed by atoms with Crippen molar-refractivity contribution in [1.29, 1.82) is 0 Å². The molecular formula is C25H53IN2O3P2. The van der Waals surface area contributed by atoms with Crippen molar-refractivity contribution >= 4 is 52.9 Å². The summed E-state index contributed by atoms with van der Waals surface area (Å²) >= 11 is 2.07. The molecule has 0 saturated heterocycles. The number of ether oxygens (including phenoxy) is 1. The van der Waals surface area contributed by atoms with E-state index in [1.54, 1.807) is 0 Å². The molecule has 0 aliphatic carbocycles. The van der Waals surface area contributed by atoms with Crippen LogP contribution < -0.4 is 10.6 Å². The molecule has 0 radical (unpaired) electrons. The fourth-order valence-corrected chi connectivity index (χ4v) is 5.21. The zero-order valence-corrected chi connectivity index (χ0v) is 27.6.